The lowest BCUT2D eigenvalue weighted by Crippen LogP contribution is -2.26. The van der Waals surface area contributed by atoms with E-state index in [0.29, 0.717) is 18.7 Å². The molecule has 0 spiro atoms. The van der Waals surface area contributed by atoms with Gasteiger partial charge in [-0.05, 0) is 37.1 Å². The molecular formula is C12H20N2O2S. The Hall–Kier alpha value is -0.940. The number of hydrogen-bond donors (Lipinski definition) is 1. The van der Waals surface area contributed by atoms with E-state index in [1.807, 2.05) is 19.1 Å². The standard InChI is InChI=1S/C12H20N2O2S/c1-2-10-17(15,16)11-9-14-8-5-12-3-6-13-7-4-12/h3-4,6-7,14H,2,5,8-11H2,1H3. The van der Waals surface area contributed by atoms with Gasteiger partial charge in [0.2, 0.25) is 0 Å². The number of sulfone groups is 1. The Labute approximate surface area is 103 Å². The second-order valence-corrected chi connectivity index (χ2v) is 6.31. The van der Waals surface area contributed by atoms with Gasteiger partial charge >= 0.3 is 0 Å². The number of nitrogens with zero attached hydrogens (tertiary/aromatic N) is 1. The molecule has 1 N–H and O–H groups in total. The van der Waals surface area contributed by atoms with Crippen LogP contribution in [0.4, 0.5) is 0 Å². The monoisotopic (exact) mass is 256 g/mol. The lowest BCUT2D eigenvalue weighted by atomic mass is 10.2. The first-order valence-corrected chi connectivity index (χ1v) is 7.76. The molecule has 0 radical (unpaired) electrons. The summed E-state index contributed by atoms with van der Waals surface area (Å²) in [5, 5.41) is 3.15. The van der Waals surface area contributed by atoms with Gasteiger partial charge in [-0.3, -0.25) is 4.98 Å². The molecule has 0 saturated carbocycles. The zero-order valence-corrected chi connectivity index (χ0v) is 11.0. The molecule has 0 aliphatic heterocycles. The summed E-state index contributed by atoms with van der Waals surface area (Å²) < 4.78 is 22.8. The Bertz CT molecular complexity index is 404. The molecule has 0 aliphatic rings. The van der Waals surface area contributed by atoms with Gasteiger partial charge in [0.15, 0.2) is 9.84 Å². The van der Waals surface area contributed by atoms with Crippen molar-refractivity contribution in [1.29, 1.82) is 0 Å². The quantitative estimate of drug-likeness (QED) is 0.706. The highest BCUT2D eigenvalue weighted by Gasteiger charge is 2.07. The third kappa shape index (κ3) is 6.38. The average molecular weight is 256 g/mol. The predicted molar refractivity (Wildman–Crippen MR) is 69.8 cm³/mol. The van der Waals surface area contributed by atoms with Gasteiger partial charge in [-0.25, -0.2) is 8.42 Å². The molecule has 17 heavy (non-hydrogen) atoms. The fourth-order valence-corrected chi connectivity index (χ4v) is 2.83. The summed E-state index contributed by atoms with van der Waals surface area (Å²) in [6, 6.07) is 3.94. The predicted octanol–water partition coefficient (Wildman–Crippen LogP) is 1.04. The summed E-state index contributed by atoms with van der Waals surface area (Å²) in [6.45, 7) is 3.22. The maximum Gasteiger partial charge on any atom is 0.151 e. The number of hydrogen-bond acceptors (Lipinski definition) is 4. The van der Waals surface area contributed by atoms with E-state index < -0.39 is 9.84 Å². The first-order chi connectivity index (χ1) is 8.14. The van der Waals surface area contributed by atoms with Crippen molar-refractivity contribution >= 4 is 9.84 Å². The molecule has 5 heteroatoms. The van der Waals surface area contributed by atoms with E-state index >= 15 is 0 Å². The largest absolute Gasteiger partial charge is 0.315 e. The van der Waals surface area contributed by atoms with Crippen molar-refractivity contribution in [3.05, 3.63) is 30.1 Å². The van der Waals surface area contributed by atoms with E-state index in [2.05, 4.69) is 10.3 Å². The molecule has 96 valence electrons. The second-order valence-electron chi connectivity index (χ2n) is 4.01. The van der Waals surface area contributed by atoms with Crippen LogP contribution in [-0.4, -0.2) is 38.0 Å². The minimum Gasteiger partial charge on any atom is -0.315 e. The van der Waals surface area contributed by atoms with Crippen LogP contribution in [0.5, 0.6) is 0 Å². The van der Waals surface area contributed by atoms with Gasteiger partial charge in [0.25, 0.3) is 0 Å². The van der Waals surface area contributed by atoms with Crippen LogP contribution in [0.2, 0.25) is 0 Å². The Balaban J connectivity index is 2.13. The molecule has 0 aromatic carbocycles. The molecule has 1 rings (SSSR count). The first kappa shape index (κ1) is 14.1. The van der Waals surface area contributed by atoms with E-state index in [9.17, 15) is 8.42 Å². The highest BCUT2D eigenvalue weighted by Crippen LogP contribution is 1.96. The van der Waals surface area contributed by atoms with E-state index in [-0.39, 0.29) is 5.75 Å². The molecule has 0 atom stereocenters. The summed E-state index contributed by atoms with van der Waals surface area (Å²) >= 11 is 0. The smallest absolute Gasteiger partial charge is 0.151 e. The Morgan fingerprint density at radius 3 is 2.53 bits per heavy atom. The highest BCUT2D eigenvalue weighted by atomic mass is 32.2. The number of nitrogens with one attached hydrogen (secondary N) is 1. The van der Waals surface area contributed by atoms with Crippen LogP contribution in [0, 0.1) is 0 Å². The second kappa shape index (κ2) is 7.40. The highest BCUT2D eigenvalue weighted by molar-refractivity contribution is 7.91. The normalized spacial score (nSPS) is 11.6. The molecule has 4 nitrogen and oxygen atoms in total. The number of rotatable bonds is 8. The van der Waals surface area contributed by atoms with Crippen LogP contribution >= 0.6 is 0 Å². The molecule has 1 aromatic heterocycles. The van der Waals surface area contributed by atoms with Gasteiger partial charge in [0.1, 0.15) is 0 Å². The molecule has 0 bridgehead atoms. The summed E-state index contributed by atoms with van der Waals surface area (Å²) in [4.78, 5) is 3.94. The SMILES string of the molecule is CCCS(=O)(=O)CCNCCc1ccncc1. The Kier molecular flexibility index (Phi) is 6.15. The zero-order chi connectivity index (χ0) is 12.6. The molecule has 1 aromatic rings. The molecule has 0 unspecified atom stereocenters. The van der Waals surface area contributed by atoms with Gasteiger partial charge in [-0.1, -0.05) is 6.92 Å². The van der Waals surface area contributed by atoms with Crippen LogP contribution in [0.15, 0.2) is 24.5 Å². The zero-order valence-electron chi connectivity index (χ0n) is 10.2. The lowest BCUT2D eigenvalue weighted by molar-refractivity contribution is 0.589. The minimum absolute atomic E-state index is 0.233. The van der Waals surface area contributed by atoms with Gasteiger partial charge < -0.3 is 5.32 Å². The molecule has 0 saturated heterocycles. The van der Waals surface area contributed by atoms with Gasteiger partial charge in [0, 0.05) is 24.7 Å². The topological polar surface area (TPSA) is 59.1 Å². The summed E-state index contributed by atoms with van der Waals surface area (Å²) in [5.41, 5.74) is 1.21. The number of aromatic nitrogens is 1. The summed E-state index contributed by atoms with van der Waals surface area (Å²) in [6.07, 6.45) is 5.12. The maximum absolute atomic E-state index is 11.4. The third-order valence-electron chi connectivity index (χ3n) is 2.44. The average Bonchev–Trinajstić information content (AvgIpc) is 2.30. The summed E-state index contributed by atoms with van der Waals surface area (Å²) in [7, 11) is -2.85. The molecule has 0 fully saturated rings. The van der Waals surface area contributed by atoms with Crippen LogP contribution in [-0.2, 0) is 16.3 Å². The number of pyridine rings is 1. The van der Waals surface area contributed by atoms with E-state index in [0.717, 1.165) is 13.0 Å². The van der Waals surface area contributed by atoms with Crippen LogP contribution in [0.3, 0.4) is 0 Å². The lowest BCUT2D eigenvalue weighted by Gasteiger charge is -2.05. The van der Waals surface area contributed by atoms with E-state index in [1.165, 1.54) is 5.56 Å². The van der Waals surface area contributed by atoms with Gasteiger partial charge in [-0.2, -0.15) is 0 Å². The van der Waals surface area contributed by atoms with Crippen LogP contribution < -0.4 is 5.32 Å². The van der Waals surface area contributed by atoms with Crippen LogP contribution in [0.25, 0.3) is 0 Å². The Morgan fingerprint density at radius 1 is 1.18 bits per heavy atom. The van der Waals surface area contributed by atoms with E-state index in [4.69, 9.17) is 0 Å². The van der Waals surface area contributed by atoms with Crippen molar-refractivity contribution in [3.8, 4) is 0 Å². The maximum atomic E-state index is 11.4. The third-order valence-corrected chi connectivity index (χ3v) is 4.30. The molecular weight excluding hydrogens is 236 g/mol. The fourth-order valence-electron chi connectivity index (χ4n) is 1.55. The van der Waals surface area contributed by atoms with Crippen molar-refractivity contribution in [2.45, 2.75) is 19.8 Å². The van der Waals surface area contributed by atoms with Crippen molar-refractivity contribution in [1.82, 2.24) is 10.3 Å². The fraction of sp³-hybridized carbons (Fsp3) is 0.583. The Morgan fingerprint density at radius 2 is 1.88 bits per heavy atom. The van der Waals surface area contributed by atoms with Crippen LogP contribution in [0.1, 0.15) is 18.9 Å². The van der Waals surface area contributed by atoms with Crippen molar-refractivity contribution in [3.63, 3.8) is 0 Å². The van der Waals surface area contributed by atoms with Crippen molar-refractivity contribution in [2.75, 3.05) is 24.6 Å². The molecule has 1 heterocycles. The minimum atomic E-state index is -2.85. The first-order valence-electron chi connectivity index (χ1n) is 5.94. The van der Waals surface area contributed by atoms with Gasteiger partial charge in [0.05, 0.1) is 5.75 Å². The van der Waals surface area contributed by atoms with Crippen molar-refractivity contribution in [2.24, 2.45) is 0 Å². The molecule has 0 amide bonds. The van der Waals surface area contributed by atoms with Gasteiger partial charge in [-0.15, -0.1) is 0 Å². The van der Waals surface area contributed by atoms with E-state index in [1.54, 1.807) is 12.4 Å². The van der Waals surface area contributed by atoms with Crippen molar-refractivity contribution < 1.29 is 8.42 Å². The summed E-state index contributed by atoms with van der Waals surface area (Å²) in [5.74, 6) is 0.524. The molecule has 0 aliphatic carbocycles.